The minimum atomic E-state index is 0.555. The van der Waals surface area contributed by atoms with Crippen LogP contribution >= 0.6 is 11.3 Å². The lowest BCUT2D eigenvalue weighted by Crippen LogP contribution is -2.59. The Morgan fingerprint density at radius 3 is 2.68 bits per heavy atom. The van der Waals surface area contributed by atoms with Gasteiger partial charge in [-0.15, -0.1) is 11.3 Å². The van der Waals surface area contributed by atoms with Gasteiger partial charge in [0.15, 0.2) is 0 Å². The van der Waals surface area contributed by atoms with Crippen molar-refractivity contribution in [3.63, 3.8) is 0 Å². The monoisotopic (exact) mass is 349 g/mol. The van der Waals surface area contributed by atoms with Gasteiger partial charge in [0.05, 0.1) is 22.5 Å². The van der Waals surface area contributed by atoms with Crippen LogP contribution in [0.1, 0.15) is 19.8 Å². The number of nitrogens with one attached hydrogen (secondary N) is 1. The highest BCUT2D eigenvalue weighted by Gasteiger charge is 2.39. The Bertz CT molecular complexity index is 843. The number of thiophene rings is 1. The summed E-state index contributed by atoms with van der Waals surface area (Å²) < 4.78 is 1.32. The second-order valence-electron chi connectivity index (χ2n) is 7.36. The molecule has 4 heteroatoms. The van der Waals surface area contributed by atoms with Crippen LogP contribution in [0.25, 0.3) is 20.7 Å². The summed E-state index contributed by atoms with van der Waals surface area (Å²) in [5, 5.41) is 5.07. The van der Waals surface area contributed by atoms with E-state index in [-0.39, 0.29) is 0 Å². The van der Waals surface area contributed by atoms with Gasteiger partial charge < -0.3 is 5.32 Å². The number of nitrogens with zero attached hydrogens (tertiary/aromatic N) is 2. The molecule has 0 aliphatic carbocycles. The summed E-state index contributed by atoms with van der Waals surface area (Å²) in [6.07, 6.45) is 4.66. The Labute approximate surface area is 152 Å². The lowest BCUT2D eigenvalue weighted by molar-refractivity contribution is 0.0458. The third-order valence-electron chi connectivity index (χ3n) is 5.95. The van der Waals surface area contributed by atoms with Gasteiger partial charge in [-0.25, -0.2) is 0 Å². The van der Waals surface area contributed by atoms with Crippen molar-refractivity contribution in [2.45, 2.75) is 31.8 Å². The molecule has 1 N–H and O–H groups in total. The highest BCUT2D eigenvalue weighted by atomic mass is 32.1. The molecule has 5 heterocycles. The molecule has 3 saturated heterocycles. The van der Waals surface area contributed by atoms with Gasteiger partial charge in [-0.1, -0.05) is 18.2 Å². The van der Waals surface area contributed by atoms with Crippen LogP contribution < -0.4 is 5.32 Å². The number of pyridine rings is 1. The highest BCUT2D eigenvalue weighted by Crippen LogP contribution is 2.35. The molecule has 3 aliphatic rings. The Kier molecular flexibility index (Phi) is 3.75. The summed E-state index contributed by atoms with van der Waals surface area (Å²) in [7, 11) is 0. The molecule has 0 saturated carbocycles. The molecule has 0 radical (unpaired) electrons. The second kappa shape index (κ2) is 6.11. The fraction of sp³-hybridized carbons (Fsp3) is 0.381. The molecule has 25 heavy (non-hydrogen) atoms. The van der Waals surface area contributed by atoms with Crippen LogP contribution in [0.4, 0.5) is 5.69 Å². The van der Waals surface area contributed by atoms with Gasteiger partial charge in [0.2, 0.25) is 0 Å². The number of anilines is 1. The summed E-state index contributed by atoms with van der Waals surface area (Å²) in [5.74, 6) is 0.808. The molecule has 3 aliphatic heterocycles. The maximum absolute atomic E-state index is 4.73. The Morgan fingerprint density at radius 2 is 1.96 bits per heavy atom. The summed E-state index contributed by atoms with van der Waals surface area (Å²) in [5.41, 5.74) is 2.21. The molecule has 3 aromatic rings. The van der Waals surface area contributed by atoms with Crippen LogP contribution in [0.5, 0.6) is 0 Å². The number of rotatable bonds is 3. The third-order valence-corrected chi connectivity index (χ3v) is 7.09. The first-order valence-electron chi connectivity index (χ1n) is 9.23. The van der Waals surface area contributed by atoms with Gasteiger partial charge in [-0.05, 0) is 68.4 Å². The summed E-state index contributed by atoms with van der Waals surface area (Å²) in [6, 6.07) is 16.3. The second-order valence-corrected chi connectivity index (χ2v) is 8.45. The molecular weight excluding hydrogens is 326 g/mol. The van der Waals surface area contributed by atoms with Crippen LogP contribution in [0, 0.1) is 5.92 Å². The van der Waals surface area contributed by atoms with Crippen molar-refractivity contribution in [1.82, 2.24) is 9.88 Å². The predicted molar refractivity (Wildman–Crippen MR) is 106 cm³/mol. The van der Waals surface area contributed by atoms with Gasteiger partial charge in [-0.2, -0.15) is 0 Å². The summed E-state index contributed by atoms with van der Waals surface area (Å²) in [6.45, 7) is 4.91. The molecule has 1 aromatic carbocycles. The Morgan fingerprint density at radius 1 is 1.12 bits per heavy atom. The van der Waals surface area contributed by atoms with E-state index in [0.29, 0.717) is 12.1 Å². The minimum absolute atomic E-state index is 0.555. The number of piperidine rings is 3. The molecule has 6 rings (SSSR count). The lowest BCUT2D eigenvalue weighted by atomic mass is 9.79. The third kappa shape index (κ3) is 2.74. The molecule has 2 bridgehead atoms. The predicted octanol–water partition coefficient (Wildman–Crippen LogP) is 4.86. The van der Waals surface area contributed by atoms with Crippen LogP contribution in [-0.4, -0.2) is 35.1 Å². The van der Waals surface area contributed by atoms with Gasteiger partial charge in [0, 0.05) is 16.8 Å². The number of benzene rings is 1. The quantitative estimate of drug-likeness (QED) is 0.732. The number of fused-ring (bicyclic) bond motifs is 4. The number of aromatic nitrogens is 1. The SMILES string of the molecule is C[C@@H]1[C@@H](Nc2ccc(-c3cc4ccccc4s3)nc2)C2CCN1CC2. The van der Waals surface area contributed by atoms with Gasteiger partial charge in [0.1, 0.15) is 0 Å². The first-order valence-corrected chi connectivity index (χ1v) is 10.1. The zero-order chi connectivity index (χ0) is 16.8. The zero-order valence-electron chi connectivity index (χ0n) is 14.5. The van der Waals surface area contributed by atoms with Crippen molar-refractivity contribution in [3.8, 4) is 10.6 Å². The lowest BCUT2D eigenvalue weighted by Gasteiger charge is -2.50. The maximum atomic E-state index is 4.73. The van der Waals surface area contributed by atoms with E-state index in [2.05, 4.69) is 59.6 Å². The van der Waals surface area contributed by atoms with Crippen LogP contribution in [0.2, 0.25) is 0 Å². The summed E-state index contributed by atoms with van der Waals surface area (Å²) in [4.78, 5) is 8.59. The van der Waals surface area contributed by atoms with Crippen LogP contribution in [0.3, 0.4) is 0 Å². The van der Waals surface area contributed by atoms with Gasteiger partial charge in [0.25, 0.3) is 0 Å². The van der Waals surface area contributed by atoms with Gasteiger partial charge in [-0.3, -0.25) is 9.88 Å². The molecule has 3 nitrogen and oxygen atoms in total. The van der Waals surface area contributed by atoms with Crippen LogP contribution in [-0.2, 0) is 0 Å². The molecule has 0 spiro atoms. The standard InChI is InChI=1S/C21H23N3S/c1-14-21(15-8-10-24(14)11-9-15)23-17-6-7-18(22-13-17)20-12-16-4-2-3-5-19(16)25-20/h2-7,12-15,21,23H,8-11H2,1H3/t14-,21-/m1/s1. The number of hydrogen-bond donors (Lipinski definition) is 1. The van der Waals surface area contributed by atoms with E-state index < -0.39 is 0 Å². The van der Waals surface area contributed by atoms with E-state index in [9.17, 15) is 0 Å². The zero-order valence-corrected chi connectivity index (χ0v) is 15.3. The normalized spacial score (nSPS) is 28.4. The smallest absolute Gasteiger partial charge is 0.0803 e. The van der Waals surface area contributed by atoms with E-state index in [1.165, 1.54) is 40.9 Å². The van der Waals surface area contributed by atoms with Crippen molar-refractivity contribution in [1.29, 1.82) is 0 Å². The van der Waals surface area contributed by atoms with E-state index in [1.807, 2.05) is 17.5 Å². The van der Waals surface area contributed by atoms with Crippen LogP contribution in [0.15, 0.2) is 48.7 Å². The van der Waals surface area contributed by atoms with Crippen molar-refractivity contribution in [2.75, 3.05) is 18.4 Å². The molecule has 128 valence electrons. The number of hydrogen-bond acceptors (Lipinski definition) is 4. The van der Waals surface area contributed by atoms with E-state index in [4.69, 9.17) is 4.98 Å². The maximum Gasteiger partial charge on any atom is 0.0803 e. The Balaban J connectivity index is 1.36. The fourth-order valence-corrected chi connectivity index (χ4v) is 5.51. The molecule has 3 fully saturated rings. The average molecular weight is 350 g/mol. The van der Waals surface area contributed by atoms with E-state index in [0.717, 1.165) is 17.3 Å². The van der Waals surface area contributed by atoms with Crippen molar-refractivity contribution in [2.24, 2.45) is 5.92 Å². The molecule has 2 aromatic heterocycles. The molecular formula is C21H23N3S. The fourth-order valence-electron chi connectivity index (χ4n) is 4.47. The summed E-state index contributed by atoms with van der Waals surface area (Å²) >= 11 is 1.81. The minimum Gasteiger partial charge on any atom is -0.379 e. The molecule has 0 amide bonds. The largest absolute Gasteiger partial charge is 0.379 e. The van der Waals surface area contributed by atoms with Gasteiger partial charge >= 0.3 is 0 Å². The van der Waals surface area contributed by atoms with Crippen molar-refractivity contribution in [3.05, 3.63) is 48.7 Å². The highest BCUT2D eigenvalue weighted by molar-refractivity contribution is 7.22. The Hall–Kier alpha value is -1.91. The average Bonchev–Trinajstić information content (AvgIpc) is 3.10. The van der Waals surface area contributed by atoms with E-state index >= 15 is 0 Å². The first-order chi connectivity index (χ1) is 12.3. The van der Waals surface area contributed by atoms with E-state index in [1.54, 1.807) is 0 Å². The van der Waals surface area contributed by atoms with Crippen molar-refractivity contribution < 1.29 is 0 Å². The topological polar surface area (TPSA) is 28.2 Å². The molecule has 0 unspecified atom stereocenters. The van der Waals surface area contributed by atoms with Crippen molar-refractivity contribution >= 4 is 27.1 Å². The molecule has 2 atom stereocenters. The first kappa shape index (κ1) is 15.4.